The number of para-hydroxylation sites is 2. The van der Waals surface area contributed by atoms with Crippen molar-refractivity contribution in [3.8, 4) is 11.8 Å². The molecule has 3 aromatic rings. The van der Waals surface area contributed by atoms with E-state index in [2.05, 4.69) is 16.7 Å². The number of nitrogens with zero attached hydrogens (tertiary/aromatic N) is 1. The van der Waals surface area contributed by atoms with Crippen LogP contribution in [0, 0.1) is 11.3 Å². The van der Waals surface area contributed by atoms with Gasteiger partial charge in [0.05, 0.1) is 23.9 Å². The predicted molar refractivity (Wildman–Crippen MR) is 133 cm³/mol. The van der Waals surface area contributed by atoms with Gasteiger partial charge in [-0.25, -0.2) is 0 Å². The van der Waals surface area contributed by atoms with Gasteiger partial charge in [0.2, 0.25) is 0 Å². The molecule has 0 bridgehead atoms. The van der Waals surface area contributed by atoms with Crippen LogP contribution in [0.15, 0.2) is 76.6 Å². The van der Waals surface area contributed by atoms with Crippen molar-refractivity contribution in [2.75, 3.05) is 11.9 Å². The third-order valence-electron chi connectivity index (χ3n) is 4.33. The van der Waals surface area contributed by atoms with E-state index in [0.717, 1.165) is 10.4 Å². The summed E-state index contributed by atoms with van der Waals surface area (Å²) in [5.41, 5.74) is 1.59. The molecule has 1 amide bonds. The lowest BCUT2D eigenvalue weighted by Gasteiger charge is -2.16. The van der Waals surface area contributed by atoms with Gasteiger partial charge < -0.3 is 15.4 Å². The van der Waals surface area contributed by atoms with E-state index in [4.69, 9.17) is 16.3 Å². The average Bonchev–Trinajstić information content (AvgIpc) is 3.32. The van der Waals surface area contributed by atoms with Crippen LogP contribution in [-0.4, -0.2) is 12.5 Å². The van der Waals surface area contributed by atoms with Gasteiger partial charge >= 0.3 is 0 Å². The summed E-state index contributed by atoms with van der Waals surface area (Å²) in [6.45, 7) is 2.76. The number of benzene rings is 2. The molecule has 0 saturated carbocycles. The van der Waals surface area contributed by atoms with E-state index in [-0.39, 0.29) is 5.57 Å². The molecular weight excluding hydrogens is 462 g/mol. The molecular formula is C24H22ClN3O2S2. The number of hydrogen-bond acceptors (Lipinski definition) is 6. The van der Waals surface area contributed by atoms with Gasteiger partial charge in [-0.3, -0.25) is 4.79 Å². The number of thioether (sulfide) groups is 1. The highest BCUT2D eigenvalue weighted by Crippen LogP contribution is 2.32. The van der Waals surface area contributed by atoms with Gasteiger partial charge in [0.25, 0.3) is 5.91 Å². The Morgan fingerprint density at radius 2 is 1.94 bits per heavy atom. The van der Waals surface area contributed by atoms with Crippen LogP contribution >= 0.6 is 34.7 Å². The van der Waals surface area contributed by atoms with Crippen molar-refractivity contribution in [1.29, 1.82) is 5.26 Å². The number of nitrogens with one attached hydrogen (secondary N) is 2. The van der Waals surface area contributed by atoms with E-state index in [1.54, 1.807) is 11.3 Å². The SMILES string of the molecule is CCOc1ccccc1NC(SCc1ccccc1Cl)=C(C#N)C(=O)NCc1cccs1. The molecule has 0 radical (unpaired) electrons. The molecule has 0 atom stereocenters. The highest BCUT2D eigenvalue weighted by molar-refractivity contribution is 8.02. The third-order valence-corrected chi connectivity index (χ3v) is 6.63. The maximum atomic E-state index is 12.9. The zero-order valence-electron chi connectivity index (χ0n) is 17.4. The van der Waals surface area contributed by atoms with E-state index < -0.39 is 5.91 Å². The molecule has 0 aliphatic carbocycles. The minimum absolute atomic E-state index is 0.00455. The lowest BCUT2D eigenvalue weighted by Crippen LogP contribution is -2.25. The number of carbonyl (C=O) groups is 1. The minimum Gasteiger partial charge on any atom is -0.492 e. The van der Waals surface area contributed by atoms with Crippen molar-refractivity contribution in [3.63, 3.8) is 0 Å². The fraction of sp³-hybridized carbons (Fsp3) is 0.167. The molecule has 1 aromatic heterocycles. The first kappa shape index (κ1) is 23.7. The van der Waals surface area contributed by atoms with Crippen LogP contribution in [0.4, 0.5) is 5.69 Å². The maximum Gasteiger partial charge on any atom is 0.264 e. The van der Waals surface area contributed by atoms with Gasteiger partial charge in [0.15, 0.2) is 0 Å². The van der Waals surface area contributed by atoms with E-state index in [9.17, 15) is 10.1 Å². The summed E-state index contributed by atoms with van der Waals surface area (Å²) in [6.07, 6.45) is 0. The second kappa shape index (κ2) is 12.2. The smallest absolute Gasteiger partial charge is 0.264 e. The summed E-state index contributed by atoms with van der Waals surface area (Å²) in [7, 11) is 0. The Morgan fingerprint density at radius 3 is 2.66 bits per heavy atom. The summed E-state index contributed by atoms with van der Waals surface area (Å²) < 4.78 is 5.69. The highest BCUT2D eigenvalue weighted by Gasteiger charge is 2.18. The van der Waals surface area contributed by atoms with Crippen molar-refractivity contribution < 1.29 is 9.53 Å². The summed E-state index contributed by atoms with van der Waals surface area (Å²) in [6, 6.07) is 20.9. The molecule has 2 aromatic carbocycles. The molecule has 3 rings (SSSR count). The van der Waals surface area contributed by atoms with Crippen LogP contribution in [0.5, 0.6) is 5.75 Å². The summed E-state index contributed by atoms with van der Waals surface area (Å²) in [5, 5.41) is 18.9. The third kappa shape index (κ3) is 6.54. The zero-order chi connectivity index (χ0) is 22.8. The first-order valence-electron chi connectivity index (χ1n) is 9.92. The second-order valence-corrected chi connectivity index (χ2v) is 8.94. The number of rotatable bonds is 10. The monoisotopic (exact) mass is 483 g/mol. The number of halogens is 1. The Balaban J connectivity index is 1.89. The molecule has 0 unspecified atom stereocenters. The predicted octanol–water partition coefficient (Wildman–Crippen LogP) is 6.20. The summed E-state index contributed by atoms with van der Waals surface area (Å²) in [5.74, 6) is 0.688. The van der Waals surface area contributed by atoms with E-state index in [1.165, 1.54) is 11.8 Å². The van der Waals surface area contributed by atoms with Crippen molar-refractivity contribution in [3.05, 3.63) is 92.1 Å². The van der Waals surface area contributed by atoms with Gasteiger partial charge in [0, 0.05) is 15.7 Å². The first-order chi connectivity index (χ1) is 15.6. The van der Waals surface area contributed by atoms with Gasteiger partial charge in [-0.2, -0.15) is 5.26 Å². The molecule has 1 heterocycles. The van der Waals surface area contributed by atoms with Gasteiger partial charge in [-0.1, -0.05) is 48.0 Å². The first-order valence-corrected chi connectivity index (χ1v) is 12.2. The van der Waals surface area contributed by atoms with E-state index in [1.807, 2.05) is 73.0 Å². The van der Waals surface area contributed by atoms with Crippen LogP contribution in [0.25, 0.3) is 0 Å². The molecule has 164 valence electrons. The van der Waals surface area contributed by atoms with E-state index in [0.29, 0.717) is 40.4 Å². The van der Waals surface area contributed by atoms with Crippen molar-refractivity contribution in [2.45, 2.75) is 19.2 Å². The molecule has 0 fully saturated rings. The average molecular weight is 484 g/mol. The Bertz CT molecular complexity index is 1120. The van der Waals surface area contributed by atoms with Gasteiger partial charge in [-0.05, 0) is 42.1 Å². The number of anilines is 1. The molecule has 0 spiro atoms. The topological polar surface area (TPSA) is 74.1 Å². The van der Waals surface area contributed by atoms with Crippen molar-refractivity contribution in [1.82, 2.24) is 5.32 Å². The molecule has 2 N–H and O–H groups in total. The van der Waals surface area contributed by atoms with Crippen LogP contribution < -0.4 is 15.4 Å². The summed E-state index contributed by atoms with van der Waals surface area (Å²) in [4.78, 5) is 13.9. The lowest BCUT2D eigenvalue weighted by atomic mass is 10.2. The molecule has 0 aliphatic rings. The quantitative estimate of drug-likeness (QED) is 0.265. The Labute approximate surface area is 201 Å². The lowest BCUT2D eigenvalue weighted by molar-refractivity contribution is -0.117. The van der Waals surface area contributed by atoms with Crippen LogP contribution in [0.3, 0.4) is 0 Å². The van der Waals surface area contributed by atoms with Gasteiger partial charge in [0.1, 0.15) is 17.4 Å². The minimum atomic E-state index is -0.441. The number of amides is 1. The Morgan fingerprint density at radius 1 is 1.16 bits per heavy atom. The number of thiophene rings is 1. The maximum absolute atomic E-state index is 12.9. The Kier molecular flexibility index (Phi) is 9.05. The molecule has 0 saturated heterocycles. The summed E-state index contributed by atoms with van der Waals surface area (Å²) >= 11 is 9.19. The zero-order valence-corrected chi connectivity index (χ0v) is 19.8. The second-order valence-electron chi connectivity index (χ2n) is 6.51. The molecule has 8 heteroatoms. The van der Waals surface area contributed by atoms with Crippen molar-refractivity contribution >= 4 is 46.3 Å². The fourth-order valence-corrected chi connectivity index (χ4v) is 4.73. The molecule has 5 nitrogen and oxygen atoms in total. The number of carbonyl (C=O) groups excluding carboxylic acids is 1. The normalized spacial score (nSPS) is 11.3. The van der Waals surface area contributed by atoms with Crippen LogP contribution in [0.2, 0.25) is 5.02 Å². The van der Waals surface area contributed by atoms with Crippen molar-refractivity contribution in [2.24, 2.45) is 0 Å². The van der Waals surface area contributed by atoms with Crippen LogP contribution in [-0.2, 0) is 17.1 Å². The number of ether oxygens (including phenoxy) is 1. The molecule has 32 heavy (non-hydrogen) atoms. The van der Waals surface area contributed by atoms with Gasteiger partial charge in [-0.15, -0.1) is 23.1 Å². The van der Waals surface area contributed by atoms with Crippen LogP contribution in [0.1, 0.15) is 17.4 Å². The number of hydrogen-bond donors (Lipinski definition) is 2. The molecule has 0 aliphatic heterocycles. The highest BCUT2D eigenvalue weighted by atomic mass is 35.5. The fourth-order valence-electron chi connectivity index (χ4n) is 2.78. The largest absolute Gasteiger partial charge is 0.492 e. The number of nitriles is 1. The Hall–Kier alpha value is -2.92. The van der Waals surface area contributed by atoms with E-state index >= 15 is 0 Å². The standard InChI is InChI=1S/C24H22ClN3O2S2/c1-2-30-22-12-6-5-11-21(22)28-24(32-16-17-8-3-4-10-20(17)25)19(14-26)23(29)27-15-18-9-7-13-31-18/h3-13,28H,2,15-16H2,1H3,(H,27,29).